The molecule has 1 saturated carbocycles. The van der Waals surface area contributed by atoms with Crippen LogP contribution in [0.2, 0.25) is 0 Å². The predicted molar refractivity (Wildman–Crippen MR) is 78.4 cm³/mol. The number of hydrogen-bond acceptors (Lipinski definition) is 3. The van der Waals surface area contributed by atoms with Crippen molar-refractivity contribution in [1.29, 1.82) is 0 Å². The first kappa shape index (κ1) is 14.8. The Morgan fingerprint density at radius 3 is 2.45 bits per heavy atom. The second-order valence-electron chi connectivity index (χ2n) is 5.05. The fourth-order valence-corrected chi connectivity index (χ4v) is 2.89. The molecule has 1 aromatic carbocycles. The van der Waals surface area contributed by atoms with E-state index >= 15 is 0 Å². The minimum Gasteiger partial charge on any atom is -0.326 e. The van der Waals surface area contributed by atoms with Gasteiger partial charge in [-0.05, 0) is 31.0 Å². The standard InChI is InChI=1S/C13H19N3O3S/c14-20(18,19)16-12-8-4-7-11(9-12)15-13(17)10-5-2-1-3-6-10/h4,7-10,16H,1-3,5-6H2,(H,15,17)(H2,14,18,19). The molecule has 4 N–H and O–H groups in total. The molecule has 0 atom stereocenters. The Bertz CT molecular complexity index is 580. The van der Waals surface area contributed by atoms with Gasteiger partial charge in [-0.3, -0.25) is 9.52 Å². The second kappa shape index (κ2) is 6.23. The maximum atomic E-state index is 12.1. The summed E-state index contributed by atoms with van der Waals surface area (Å²) >= 11 is 0. The summed E-state index contributed by atoms with van der Waals surface area (Å²) in [6.45, 7) is 0. The first-order chi connectivity index (χ1) is 9.44. The van der Waals surface area contributed by atoms with E-state index in [0.717, 1.165) is 25.7 Å². The minimum absolute atomic E-state index is 0.00236. The van der Waals surface area contributed by atoms with Gasteiger partial charge >= 0.3 is 0 Å². The van der Waals surface area contributed by atoms with E-state index < -0.39 is 10.2 Å². The summed E-state index contributed by atoms with van der Waals surface area (Å²) < 4.78 is 24.1. The molecule has 0 radical (unpaired) electrons. The van der Waals surface area contributed by atoms with Crippen molar-refractivity contribution < 1.29 is 13.2 Å². The summed E-state index contributed by atoms with van der Waals surface area (Å²) in [7, 11) is -3.81. The lowest BCUT2D eigenvalue weighted by molar-refractivity contribution is -0.120. The van der Waals surface area contributed by atoms with E-state index in [0.29, 0.717) is 11.4 Å². The van der Waals surface area contributed by atoms with E-state index in [4.69, 9.17) is 5.14 Å². The fourth-order valence-electron chi connectivity index (χ4n) is 2.43. The molecule has 1 amide bonds. The minimum atomic E-state index is -3.81. The molecule has 0 unspecified atom stereocenters. The highest BCUT2D eigenvalue weighted by molar-refractivity contribution is 7.90. The first-order valence-corrected chi connectivity index (χ1v) is 8.20. The second-order valence-corrected chi connectivity index (χ2v) is 6.35. The van der Waals surface area contributed by atoms with Gasteiger partial charge in [0, 0.05) is 11.6 Å². The Morgan fingerprint density at radius 2 is 1.80 bits per heavy atom. The number of nitrogens with one attached hydrogen (secondary N) is 2. The van der Waals surface area contributed by atoms with E-state index in [1.54, 1.807) is 24.3 Å². The van der Waals surface area contributed by atoms with E-state index in [2.05, 4.69) is 10.0 Å². The number of hydrogen-bond donors (Lipinski definition) is 3. The van der Waals surface area contributed by atoms with Gasteiger partial charge in [-0.2, -0.15) is 8.42 Å². The summed E-state index contributed by atoms with van der Waals surface area (Å²) in [4.78, 5) is 12.1. The Balaban J connectivity index is 2.02. The smallest absolute Gasteiger partial charge is 0.296 e. The molecule has 0 bridgehead atoms. The third kappa shape index (κ3) is 4.50. The van der Waals surface area contributed by atoms with E-state index in [-0.39, 0.29) is 11.8 Å². The van der Waals surface area contributed by atoms with Gasteiger partial charge in [0.1, 0.15) is 0 Å². The van der Waals surface area contributed by atoms with Crippen molar-refractivity contribution in [1.82, 2.24) is 0 Å². The number of rotatable bonds is 4. The monoisotopic (exact) mass is 297 g/mol. The highest BCUT2D eigenvalue weighted by Gasteiger charge is 2.21. The number of carbonyl (C=O) groups excluding carboxylic acids is 1. The van der Waals surface area contributed by atoms with Gasteiger partial charge in [-0.15, -0.1) is 0 Å². The largest absolute Gasteiger partial charge is 0.326 e. The van der Waals surface area contributed by atoms with Gasteiger partial charge in [0.25, 0.3) is 10.2 Å². The fraction of sp³-hybridized carbons (Fsp3) is 0.462. The zero-order valence-corrected chi connectivity index (χ0v) is 11.9. The molecule has 0 spiro atoms. The molecule has 6 nitrogen and oxygen atoms in total. The van der Waals surface area contributed by atoms with Crippen LogP contribution in [-0.2, 0) is 15.0 Å². The summed E-state index contributed by atoms with van der Waals surface area (Å²) in [5.41, 5.74) is 0.892. The molecule has 1 fully saturated rings. The first-order valence-electron chi connectivity index (χ1n) is 6.65. The normalized spacial score (nSPS) is 16.6. The van der Waals surface area contributed by atoms with Crippen molar-refractivity contribution in [2.45, 2.75) is 32.1 Å². The Hall–Kier alpha value is -1.60. The van der Waals surface area contributed by atoms with Crippen LogP contribution in [0, 0.1) is 5.92 Å². The number of carbonyl (C=O) groups is 1. The number of amides is 1. The van der Waals surface area contributed by atoms with E-state index in [9.17, 15) is 13.2 Å². The van der Waals surface area contributed by atoms with Crippen molar-refractivity contribution in [3.05, 3.63) is 24.3 Å². The van der Waals surface area contributed by atoms with Crippen molar-refractivity contribution >= 4 is 27.5 Å². The van der Waals surface area contributed by atoms with Gasteiger partial charge in [0.15, 0.2) is 0 Å². The number of anilines is 2. The lowest BCUT2D eigenvalue weighted by Gasteiger charge is -2.20. The third-order valence-corrected chi connectivity index (χ3v) is 3.89. The Morgan fingerprint density at radius 1 is 1.15 bits per heavy atom. The average Bonchev–Trinajstić information content (AvgIpc) is 2.38. The van der Waals surface area contributed by atoms with Crippen LogP contribution in [-0.4, -0.2) is 14.3 Å². The SMILES string of the molecule is NS(=O)(=O)Nc1cccc(NC(=O)C2CCCCC2)c1. The topological polar surface area (TPSA) is 101 Å². The molecule has 1 aliphatic rings. The molecule has 0 aliphatic heterocycles. The molecule has 1 aromatic rings. The molecule has 20 heavy (non-hydrogen) atoms. The summed E-state index contributed by atoms with van der Waals surface area (Å²) in [6, 6.07) is 6.49. The van der Waals surface area contributed by atoms with Crippen molar-refractivity contribution in [2.75, 3.05) is 10.0 Å². The lowest BCUT2D eigenvalue weighted by Crippen LogP contribution is -2.25. The molecule has 7 heteroatoms. The molecule has 0 heterocycles. The lowest BCUT2D eigenvalue weighted by atomic mass is 9.88. The van der Waals surface area contributed by atoms with E-state index in [1.807, 2.05) is 0 Å². The van der Waals surface area contributed by atoms with Crippen LogP contribution in [0.15, 0.2) is 24.3 Å². The van der Waals surface area contributed by atoms with Gasteiger partial charge < -0.3 is 5.32 Å². The molecule has 2 rings (SSSR count). The highest BCUT2D eigenvalue weighted by Crippen LogP contribution is 2.25. The zero-order chi connectivity index (χ0) is 14.6. The maximum Gasteiger partial charge on any atom is 0.296 e. The predicted octanol–water partition coefficient (Wildman–Crippen LogP) is 1.82. The van der Waals surface area contributed by atoms with Gasteiger partial charge in [-0.1, -0.05) is 25.3 Å². The van der Waals surface area contributed by atoms with Gasteiger partial charge in [0.05, 0.1) is 5.69 Å². The highest BCUT2D eigenvalue weighted by atomic mass is 32.2. The summed E-state index contributed by atoms with van der Waals surface area (Å²) in [5, 5.41) is 7.73. The van der Waals surface area contributed by atoms with Crippen LogP contribution in [0.3, 0.4) is 0 Å². The molecule has 110 valence electrons. The van der Waals surface area contributed by atoms with Crippen LogP contribution >= 0.6 is 0 Å². The summed E-state index contributed by atoms with van der Waals surface area (Å²) in [5.74, 6) is 0.0519. The average molecular weight is 297 g/mol. The van der Waals surface area contributed by atoms with Crippen LogP contribution < -0.4 is 15.2 Å². The van der Waals surface area contributed by atoms with Crippen LogP contribution in [0.5, 0.6) is 0 Å². The molecular formula is C13H19N3O3S. The zero-order valence-electron chi connectivity index (χ0n) is 11.1. The van der Waals surface area contributed by atoms with Crippen molar-refractivity contribution in [3.8, 4) is 0 Å². The Kier molecular flexibility index (Phi) is 4.61. The van der Waals surface area contributed by atoms with Crippen LogP contribution in [0.25, 0.3) is 0 Å². The van der Waals surface area contributed by atoms with Gasteiger partial charge in [0.2, 0.25) is 5.91 Å². The van der Waals surface area contributed by atoms with Crippen LogP contribution in [0.4, 0.5) is 11.4 Å². The van der Waals surface area contributed by atoms with Gasteiger partial charge in [-0.25, -0.2) is 5.14 Å². The molecule has 0 aromatic heterocycles. The van der Waals surface area contributed by atoms with E-state index in [1.165, 1.54) is 6.42 Å². The molecule has 1 aliphatic carbocycles. The number of nitrogens with two attached hydrogens (primary N) is 1. The quantitative estimate of drug-likeness (QED) is 0.790. The van der Waals surface area contributed by atoms with Crippen molar-refractivity contribution in [3.63, 3.8) is 0 Å². The third-order valence-electron chi connectivity index (χ3n) is 3.37. The van der Waals surface area contributed by atoms with Crippen LogP contribution in [0.1, 0.15) is 32.1 Å². The van der Waals surface area contributed by atoms with Crippen molar-refractivity contribution in [2.24, 2.45) is 11.1 Å². The number of benzene rings is 1. The molecule has 0 saturated heterocycles. The maximum absolute atomic E-state index is 12.1. The summed E-state index contributed by atoms with van der Waals surface area (Å²) in [6.07, 6.45) is 5.20. The molecular weight excluding hydrogens is 278 g/mol. The Labute approximate surface area is 118 Å².